The van der Waals surface area contributed by atoms with E-state index in [1.165, 1.54) is 0 Å². The number of carbonyl (C=O) groups is 3. The lowest BCUT2D eigenvalue weighted by atomic mass is 9.87. The van der Waals surface area contributed by atoms with E-state index in [-0.39, 0.29) is 23.6 Å². The first kappa shape index (κ1) is 28.6. The zero-order valence-electron chi connectivity index (χ0n) is 22.4. The smallest absolute Gasteiger partial charge is 0.408 e. The largest absolute Gasteiger partial charge is 0.444 e. The van der Waals surface area contributed by atoms with Gasteiger partial charge < -0.3 is 20.3 Å². The van der Waals surface area contributed by atoms with Crippen molar-refractivity contribution in [2.24, 2.45) is 0 Å². The minimum Gasteiger partial charge on any atom is -0.444 e. The Morgan fingerprint density at radius 1 is 1.05 bits per heavy atom. The molecule has 1 aliphatic rings. The fourth-order valence-corrected chi connectivity index (χ4v) is 4.61. The summed E-state index contributed by atoms with van der Waals surface area (Å²) in [5, 5.41) is 5.72. The molecule has 2 aromatic carbocycles. The second-order valence-corrected chi connectivity index (χ2v) is 11.0. The SMILES string of the molecule is Cc1cccc(C(C(=O)NCc2ccccc2)N(C(=O)C(CS)NC(=O)OC(C)(C)C)C2CCC2)c1C. The van der Waals surface area contributed by atoms with Gasteiger partial charge in [0.05, 0.1) is 0 Å². The molecule has 2 N–H and O–H groups in total. The lowest BCUT2D eigenvalue weighted by Crippen LogP contribution is -2.58. The van der Waals surface area contributed by atoms with Crippen molar-refractivity contribution in [2.45, 2.75) is 84.2 Å². The summed E-state index contributed by atoms with van der Waals surface area (Å²) in [6.45, 7) is 9.60. The Kier molecular flexibility index (Phi) is 9.65. The molecule has 3 amide bonds. The number of hydrogen-bond donors (Lipinski definition) is 3. The number of thiol groups is 1. The number of amides is 3. The van der Waals surface area contributed by atoms with Crippen molar-refractivity contribution in [3.8, 4) is 0 Å². The van der Waals surface area contributed by atoms with Crippen LogP contribution in [0.15, 0.2) is 48.5 Å². The van der Waals surface area contributed by atoms with Gasteiger partial charge in [-0.2, -0.15) is 12.6 Å². The van der Waals surface area contributed by atoms with E-state index in [0.717, 1.165) is 41.5 Å². The topological polar surface area (TPSA) is 87.7 Å². The van der Waals surface area contributed by atoms with Gasteiger partial charge in [-0.1, -0.05) is 48.5 Å². The second-order valence-electron chi connectivity index (χ2n) is 10.6. The maximum absolute atomic E-state index is 14.0. The first-order chi connectivity index (χ1) is 17.5. The number of hydrogen-bond acceptors (Lipinski definition) is 5. The summed E-state index contributed by atoms with van der Waals surface area (Å²) in [7, 11) is 0. The molecule has 0 bridgehead atoms. The molecule has 200 valence electrons. The van der Waals surface area contributed by atoms with Crippen molar-refractivity contribution in [1.82, 2.24) is 15.5 Å². The van der Waals surface area contributed by atoms with Gasteiger partial charge in [-0.3, -0.25) is 9.59 Å². The molecular formula is C29H39N3O4S. The predicted molar refractivity (Wildman–Crippen MR) is 148 cm³/mol. The van der Waals surface area contributed by atoms with Crippen LogP contribution in [0.3, 0.4) is 0 Å². The summed E-state index contributed by atoms with van der Waals surface area (Å²) in [5.41, 5.74) is 3.04. The molecule has 0 radical (unpaired) electrons. The van der Waals surface area contributed by atoms with Gasteiger partial charge in [0.15, 0.2) is 0 Å². The van der Waals surface area contributed by atoms with Crippen LogP contribution in [0.25, 0.3) is 0 Å². The molecule has 0 aliphatic heterocycles. The molecule has 2 aromatic rings. The average Bonchev–Trinajstić information content (AvgIpc) is 2.81. The van der Waals surface area contributed by atoms with Gasteiger partial charge in [-0.25, -0.2) is 4.79 Å². The highest BCUT2D eigenvalue weighted by Crippen LogP contribution is 2.35. The molecule has 1 aliphatic carbocycles. The second kappa shape index (κ2) is 12.5. The molecule has 37 heavy (non-hydrogen) atoms. The van der Waals surface area contributed by atoms with Gasteiger partial charge in [0.1, 0.15) is 17.7 Å². The molecule has 2 atom stereocenters. The maximum Gasteiger partial charge on any atom is 0.408 e. The number of nitrogens with zero attached hydrogens (tertiary/aromatic N) is 1. The number of rotatable bonds is 9. The monoisotopic (exact) mass is 525 g/mol. The lowest BCUT2D eigenvalue weighted by molar-refractivity contribution is -0.147. The van der Waals surface area contributed by atoms with Crippen LogP contribution in [0.5, 0.6) is 0 Å². The highest BCUT2D eigenvalue weighted by molar-refractivity contribution is 7.80. The molecule has 0 spiro atoms. The zero-order chi connectivity index (χ0) is 27.2. The van der Waals surface area contributed by atoms with Crippen molar-refractivity contribution in [2.75, 3.05) is 5.75 Å². The van der Waals surface area contributed by atoms with Crippen LogP contribution in [0.2, 0.25) is 0 Å². The lowest BCUT2D eigenvalue weighted by Gasteiger charge is -2.44. The van der Waals surface area contributed by atoms with Crippen molar-refractivity contribution >= 4 is 30.5 Å². The van der Waals surface area contributed by atoms with Crippen molar-refractivity contribution in [1.29, 1.82) is 0 Å². The first-order valence-electron chi connectivity index (χ1n) is 12.8. The fourth-order valence-electron chi connectivity index (χ4n) is 4.37. The summed E-state index contributed by atoms with van der Waals surface area (Å²) in [5.74, 6) is -0.522. The van der Waals surface area contributed by atoms with Crippen LogP contribution in [0.4, 0.5) is 4.79 Å². The molecule has 1 saturated carbocycles. The van der Waals surface area contributed by atoms with Crippen molar-refractivity contribution in [3.05, 3.63) is 70.8 Å². The Morgan fingerprint density at radius 3 is 2.30 bits per heavy atom. The van der Waals surface area contributed by atoms with Crippen LogP contribution in [-0.2, 0) is 20.9 Å². The Labute approximate surface area is 225 Å². The van der Waals surface area contributed by atoms with E-state index < -0.39 is 23.8 Å². The molecular weight excluding hydrogens is 486 g/mol. The van der Waals surface area contributed by atoms with Gasteiger partial charge >= 0.3 is 6.09 Å². The highest BCUT2D eigenvalue weighted by Gasteiger charge is 2.42. The Hall–Kier alpha value is -3.00. The molecule has 0 heterocycles. The molecule has 0 saturated heterocycles. The summed E-state index contributed by atoms with van der Waals surface area (Å²) < 4.78 is 5.38. The van der Waals surface area contributed by atoms with Gasteiger partial charge in [0.2, 0.25) is 11.8 Å². The van der Waals surface area contributed by atoms with E-state index in [2.05, 4.69) is 23.3 Å². The van der Waals surface area contributed by atoms with Gasteiger partial charge in [-0.15, -0.1) is 0 Å². The van der Waals surface area contributed by atoms with Gasteiger partial charge in [-0.05, 0) is 76.1 Å². The van der Waals surface area contributed by atoms with E-state index >= 15 is 0 Å². The zero-order valence-corrected chi connectivity index (χ0v) is 23.3. The number of aryl methyl sites for hydroxylation is 1. The van der Waals surface area contributed by atoms with Crippen LogP contribution >= 0.6 is 12.6 Å². The van der Waals surface area contributed by atoms with Gasteiger partial charge in [0, 0.05) is 18.3 Å². The van der Waals surface area contributed by atoms with E-state index in [9.17, 15) is 14.4 Å². The summed E-state index contributed by atoms with van der Waals surface area (Å²) >= 11 is 4.37. The third-order valence-corrected chi connectivity index (χ3v) is 7.04. The van der Waals surface area contributed by atoms with Gasteiger partial charge in [0.25, 0.3) is 0 Å². The van der Waals surface area contributed by atoms with E-state index in [4.69, 9.17) is 4.74 Å². The Bertz CT molecular complexity index is 1100. The molecule has 7 nitrogen and oxygen atoms in total. The molecule has 1 fully saturated rings. The minimum absolute atomic E-state index is 0.0758. The van der Waals surface area contributed by atoms with Crippen LogP contribution < -0.4 is 10.6 Å². The number of benzene rings is 2. The predicted octanol–water partition coefficient (Wildman–Crippen LogP) is 4.87. The fraction of sp³-hybridized carbons (Fsp3) is 0.483. The standard InChI is InChI=1S/C29H39N3O4S/c1-19-11-9-16-23(20(19)2)25(26(33)30-17-21-12-7-6-8-13-21)32(22-14-10-15-22)27(34)24(18-37)31-28(35)36-29(3,4)5/h6-9,11-13,16,22,24-25,37H,10,14-15,17-18H2,1-5H3,(H,30,33)(H,31,35). The maximum atomic E-state index is 14.0. The number of ether oxygens (including phenoxy) is 1. The molecule has 0 aromatic heterocycles. The van der Waals surface area contributed by atoms with Crippen molar-refractivity contribution in [3.63, 3.8) is 0 Å². The number of nitrogens with one attached hydrogen (secondary N) is 2. The summed E-state index contributed by atoms with van der Waals surface area (Å²) in [6, 6.07) is 13.6. The number of alkyl carbamates (subject to hydrolysis) is 1. The van der Waals surface area contributed by atoms with Crippen LogP contribution in [-0.4, -0.2) is 46.2 Å². The van der Waals surface area contributed by atoms with Crippen LogP contribution in [0, 0.1) is 13.8 Å². The third kappa shape index (κ3) is 7.51. The highest BCUT2D eigenvalue weighted by atomic mass is 32.1. The summed E-state index contributed by atoms with van der Waals surface area (Å²) in [4.78, 5) is 42.1. The average molecular weight is 526 g/mol. The molecule has 2 unspecified atom stereocenters. The molecule has 8 heteroatoms. The Morgan fingerprint density at radius 2 is 1.73 bits per heavy atom. The third-order valence-electron chi connectivity index (χ3n) is 6.67. The van der Waals surface area contributed by atoms with E-state index in [1.807, 2.05) is 62.4 Å². The summed E-state index contributed by atoms with van der Waals surface area (Å²) in [6.07, 6.45) is 1.88. The van der Waals surface area contributed by atoms with E-state index in [0.29, 0.717) is 6.54 Å². The van der Waals surface area contributed by atoms with Crippen molar-refractivity contribution < 1.29 is 19.1 Å². The molecule has 3 rings (SSSR count). The normalized spacial score (nSPS) is 15.2. The Balaban J connectivity index is 1.96. The first-order valence-corrected chi connectivity index (χ1v) is 13.5. The minimum atomic E-state index is -0.937. The van der Waals surface area contributed by atoms with E-state index in [1.54, 1.807) is 25.7 Å². The number of carbonyl (C=O) groups excluding carboxylic acids is 3. The quantitative estimate of drug-likeness (QED) is 0.408. The van der Waals surface area contributed by atoms with Crippen LogP contribution in [0.1, 0.15) is 68.3 Å².